The third-order valence-electron chi connectivity index (χ3n) is 6.20. The largest absolute Gasteiger partial charge is 0.355 e. The van der Waals surface area contributed by atoms with E-state index in [0.717, 1.165) is 24.6 Å². The van der Waals surface area contributed by atoms with Gasteiger partial charge in [0, 0.05) is 36.3 Å². The van der Waals surface area contributed by atoms with Gasteiger partial charge in [0.25, 0.3) is 5.91 Å². The van der Waals surface area contributed by atoms with Gasteiger partial charge in [-0.1, -0.05) is 23.7 Å². The molecule has 7 nitrogen and oxygen atoms in total. The highest BCUT2D eigenvalue weighted by molar-refractivity contribution is 7.89. The maximum Gasteiger partial charge on any atom is 0.251 e. The minimum atomic E-state index is -4.06. The van der Waals surface area contributed by atoms with Crippen molar-refractivity contribution in [2.24, 2.45) is 0 Å². The molecule has 4 rings (SSSR count). The molecule has 0 aromatic heterocycles. The molecule has 0 radical (unpaired) electrons. The van der Waals surface area contributed by atoms with Gasteiger partial charge in [0.1, 0.15) is 17.7 Å². The van der Waals surface area contributed by atoms with Crippen LogP contribution >= 0.6 is 11.6 Å². The lowest BCUT2D eigenvalue weighted by molar-refractivity contribution is -0.124. The molecule has 2 N–H and O–H groups in total. The Morgan fingerprint density at radius 2 is 1.63 bits per heavy atom. The summed E-state index contributed by atoms with van der Waals surface area (Å²) in [4.78, 5) is 25.4. The van der Waals surface area contributed by atoms with E-state index in [1.54, 1.807) is 12.1 Å². The Hall–Kier alpha value is -3.34. The predicted molar refractivity (Wildman–Crippen MR) is 139 cm³/mol. The zero-order chi connectivity index (χ0) is 27.3. The summed E-state index contributed by atoms with van der Waals surface area (Å²) in [6, 6.07) is 14.1. The molecule has 0 aliphatic carbocycles. The summed E-state index contributed by atoms with van der Waals surface area (Å²) in [7, 11) is -4.06. The van der Waals surface area contributed by atoms with Gasteiger partial charge in [0.15, 0.2) is 0 Å². The second-order valence-electron chi connectivity index (χ2n) is 8.96. The van der Waals surface area contributed by atoms with Crippen LogP contribution in [0.25, 0.3) is 0 Å². The Morgan fingerprint density at radius 3 is 2.29 bits per heavy atom. The van der Waals surface area contributed by atoms with Crippen molar-refractivity contribution in [3.63, 3.8) is 0 Å². The molecule has 38 heavy (non-hydrogen) atoms. The quantitative estimate of drug-likeness (QED) is 0.426. The number of carbonyl (C=O) groups is 2. The number of carbonyl (C=O) groups excluding carboxylic acids is 2. The minimum absolute atomic E-state index is 0.0173. The van der Waals surface area contributed by atoms with E-state index in [0.29, 0.717) is 30.0 Å². The standard InChI is InChI=1S/C27H26ClF2N3O4S/c28-21-8-10-24(11-9-21)38(36,37)33(25-3-1-2-12-31-27(25)35)17-18-4-6-20(7-5-18)26(34)32-16-19-13-22(29)15-23(30)14-19/h4-11,13-15,25H,1-3,12,16-17H2,(H,31,35)(H,32,34)/t25-/m1/s1. The van der Waals surface area contributed by atoms with Crippen LogP contribution in [0.15, 0.2) is 71.6 Å². The number of nitrogens with one attached hydrogen (secondary N) is 2. The van der Waals surface area contributed by atoms with E-state index in [1.807, 2.05) is 0 Å². The molecule has 1 aliphatic rings. The van der Waals surface area contributed by atoms with Gasteiger partial charge < -0.3 is 10.6 Å². The van der Waals surface area contributed by atoms with Crippen LogP contribution in [0.1, 0.15) is 40.7 Å². The second-order valence-corrected chi connectivity index (χ2v) is 11.3. The van der Waals surface area contributed by atoms with Crippen molar-refractivity contribution in [3.05, 3.63) is 100 Å². The molecule has 1 heterocycles. The van der Waals surface area contributed by atoms with Crippen molar-refractivity contribution < 1.29 is 26.8 Å². The molecular weight excluding hydrogens is 536 g/mol. The first-order valence-corrected chi connectivity index (χ1v) is 13.8. The van der Waals surface area contributed by atoms with E-state index in [1.165, 1.54) is 40.7 Å². The Kier molecular flexibility index (Phi) is 8.76. The molecule has 3 aromatic carbocycles. The van der Waals surface area contributed by atoms with Gasteiger partial charge in [-0.15, -0.1) is 0 Å². The fourth-order valence-corrected chi connectivity index (χ4v) is 5.97. The monoisotopic (exact) mass is 561 g/mol. The van der Waals surface area contributed by atoms with Crippen LogP contribution < -0.4 is 10.6 Å². The summed E-state index contributed by atoms with van der Waals surface area (Å²) in [6.45, 7) is 0.322. The Morgan fingerprint density at radius 1 is 0.974 bits per heavy atom. The number of nitrogens with zero attached hydrogens (tertiary/aromatic N) is 1. The van der Waals surface area contributed by atoms with Crippen LogP contribution in [0.4, 0.5) is 8.78 Å². The first-order chi connectivity index (χ1) is 18.1. The lowest BCUT2D eigenvalue weighted by Gasteiger charge is -2.29. The Bertz CT molecular complexity index is 1400. The topological polar surface area (TPSA) is 95.6 Å². The number of rotatable bonds is 8. The van der Waals surface area contributed by atoms with E-state index in [9.17, 15) is 26.8 Å². The maximum atomic E-state index is 13.6. The second kappa shape index (κ2) is 12.0. The first kappa shape index (κ1) is 27.7. The number of benzene rings is 3. The van der Waals surface area contributed by atoms with E-state index in [2.05, 4.69) is 10.6 Å². The minimum Gasteiger partial charge on any atom is -0.355 e. The summed E-state index contributed by atoms with van der Waals surface area (Å²) >= 11 is 5.94. The van der Waals surface area contributed by atoms with E-state index in [-0.39, 0.29) is 35.0 Å². The van der Waals surface area contributed by atoms with Gasteiger partial charge in [-0.2, -0.15) is 4.31 Å². The fraction of sp³-hybridized carbons (Fsp3) is 0.259. The lowest BCUT2D eigenvalue weighted by atomic mass is 10.1. The molecule has 1 atom stereocenters. The molecule has 200 valence electrons. The normalized spacial score (nSPS) is 16.1. The SMILES string of the molecule is O=C(NCc1cc(F)cc(F)c1)c1ccc(CN([C@@H]2CCCCNC2=O)S(=O)(=O)c2ccc(Cl)cc2)cc1. The molecule has 0 saturated carbocycles. The van der Waals surface area contributed by atoms with Crippen LogP contribution in [0.5, 0.6) is 0 Å². The van der Waals surface area contributed by atoms with Gasteiger partial charge in [-0.3, -0.25) is 9.59 Å². The van der Waals surface area contributed by atoms with Crippen molar-refractivity contribution in [2.45, 2.75) is 43.3 Å². The average molecular weight is 562 g/mol. The zero-order valence-corrected chi connectivity index (χ0v) is 21.9. The van der Waals surface area contributed by atoms with Gasteiger partial charge in [-0.05, 0) is 78.9 Å². The zero-order valence-electron chi connectivity index (χ0n) is 20.3. The van der Waals surface area contributed by atoms with Crippen molar-refractivity contribution in [1.82, 2.24) is 14.9 Å². The van der Waals surface area contributed by atoms with Gasteiger partial charge >= 0.3 is 0 Å². The summed E-state index contributed by atoms with van der Waals surface area (Å²) in [5.74, 6) is -2.29. The molecule has 1 saturated heterocycles. The number of amides is 2. The number of halogens is 3. The Balaban J connectivity index is 1.53. The number of sulfonamides is 1. The summed E-state index contributed by atoms with van der Waals surface area (Å²) in [5, 5.41) is 5.78. The molecule has 1 fully saturated rings. The van der Waals surface area contributed by atoms with Crippen molar-refractivity contribution in [1.29, 1.82) is 0 Å². The Labute approximate surface area is 224 Å². The van der Waals surface area contributed by atoms with Crippen LogP contribution in [0.3, 0.4) is 0 Å². The number of hydrogen-bond donors (Lipinski definition) is 2. The smallest absolute Gasteiger partial charge is 0.251 e. The van der Waals surface area contributed by atoms with E-state index in [4.69, 9.17) is 11.6 Å². The van der Waals surface area contributed by atoms with Crippen LogP contribution in [-0.4, -0.2) is 37.1 Å². The third kappa shape index (κ3) is 6.75. The van der Waals surface area contributed by atoms with Crippen molar-refractivity contribution >= 4 is 33.4 Å². The highest BCUT2D eigenvalue weighted by Gasteiger charge is 2.36. The molecular formula is C27H26ClF2N3O4S. The van der Waals surface area contributed by atoms with Gasteiger partial charge in [0.05, 0.1) is 4.90 Å². The summed E-state index contributed by atoms with van der Waals surface area (Å²) in [5.41, 5.74) is 1.13. The maximum absolute atomic E-state index is 13.6. The lowest BCUT2D eigenvalue weighted by Crippen LogP contribution is -2.48. The average Bonchev–Trinajstić information content (AvgIpc) is 3.10. The van der Waals surface area contributed by atoms with Crippen molar-refractivity contribution in [3.8, 4) is 0 Å². The van der Waals surface area contributed by atoms with Crippen LogP contribution in [-0.2, 0) is 27.9 Å². The van der Waals surface area contributed by atoms with Crippen LogP contribution in [0.2, 0.25) is 5.02 Å². The molecule has 0 spiro atoms. The molecule has 3 aromatic rings. The molecule has 1 aliphatic heterocycles. The van der Waals surface area contributed by atoms with E-state index < -0.39 is 33.6 Å². The number of hydrogen-bond acceptors (Lipinski definition) is 4. The molecule has 2 amide bonds. The predicted octanol–water partition coefficient (Wildman–Crippen LogP) is 4.41. The molecule has 0 bridgehead atoms. The summed E-state index contributed by atoms with van der Waals surface area (Å²) in [6.07, 6.45) is 1.81. The molecule has 11 heteroatoms. The highest BCUT2D eigenvalue weighted by atomic mass is 35.5. The molecule has 0 unspecified atom stereocenters. The van der Waals surface area contributed by atoms with Crippen molar-refractivity contribution in [2.75, 3.05) is 6.54 Å². The summed E-state index contributed by atoms with van der Waals surface area (Å²) < 4.78 is 55.2. The third-order valence-corrected chi connectivity index (χ3v) is 8.32. The highest BCUT2D eigenvalue weighted by Crippen LogP contribution is 2.26. The van der Waals surface area contributed by atoms with Crippen LogP contribution in [0, 0.1) is 11.6 Å². The van der Waals surface area contributed by atoms with Gasteiger partial charge in [0.2, 0.25) is 15.9 Å². The van der Waals surface area contributed by atoms with E-state index >= 15 is 0 Å². The fourth-order valence-electron chi connectivity index (χ4n) is 4.24. The first-order valence-electron chi connectivity index (χ1n) is 12.0. The van der Waals surface area contributed by atoms with Gasteiger partial charge in [-0.25, -0.2) is 17.2 Å².